The Hall–Kier alpha value is -0.310. The second kappa shape index (κ2) is 2.38. The fraction of sp³-hybridized carbons (Fsp3) is 1.00. The van der Waals surface area contributed by atoms with Gasteiger partial charge in [0.15, 0.2) is 0 Å². The van der Waals surface area contributed by atoms with Crippen LogP contribution in [0.5, 0.6) is 0 Å². The molecule has 0 amide bonds. The quantitative estimate of drug-likeness (QED) is 0.259. The van der Waals surface area contributed by atoms with Crippen molar-refractivity contribution in [2.24, 2.45) is 5.41 Å². The van der Waals surface area contributed by atoms with Gasteiger partial charge in [0, 0.05) is 17.3 Å². The highest BCUT2D eigenvalue weighted by atomic mass is 35.5. The van der Waals surface area contributed by atoms with E-state index in [0.29, 0.717) is 0 Å². The third-order valence-electron chi connectivity index (χ3n) is 1.71. The van der Waals surface area contributed by atoms with Crippen LogP contribution in [0.2, 0.25) is 0 Å². The van der Waals surface area contributed by atoms with E-state index < -0.39 is 15.3 Å². The minimum absolute atomic E-state index is 0.464. The second-order valence-corrected chi connectivity index (χ2v) is 4.20. The number of hydrogen-bond acceptors (Lipinski definition) is 2. The van der Waals surface area contributed by atoms with Crippen LogP contribution in [0, 0.1) is 15.5 Å². The molecule has 0 aliphatic heterocycles. The maximum Gasteiger partial charge on any atom is 0.296 e. The van der Waals surface area contributed by atoms with Gasteiger partial charge in [-0.05, 0) is 11.6 Å². The van der Waals surface area contributed by atoms with E-state index in [1.54, 1.807) is 20.8 Å². The van der Waals surface area contributed by atoms with Crippen LogP contribution in [0.4, 0.5) is 0 Å². The third-order valence-corrected chi connectivity index (χ3v) is 2.42. The predicted molar refractivity (Wildman–Crippen MR) is 40.7 cm³/mol. The molecule has 10 heavy (non-hydrogen) atoms. The average molecular weight is 166 g/mol. The van der Waals surface area contributed by atoms with Crippen molar-refractivity contribution in [1.29, 1.82) is 0 Å². The van der Waals surface area contributed by atoms with Crippen molar-refractivity contribution in [3.8, 4) is 0 Å². The molecule has 0 aliphatic rings. The summed E-state index contributed by atoms with van der Waals surface area (Å²) >= 11 is 5.65. The number of hydrogen-bond donors (Lipinski definition) is 0. The summed E-state index contributed by atoms with van der Waals surface area (Å²) in [5.41, 5.74) is -0.516. The zero-order chi connectivity index (χ0) is 8.58. The number of rotatable bonds is 1. The number of halogens is 1. The predicted octanol–water partition coefficient (Wildman–Crippen LogP) is 2.26. The Morgan fingerprint density at radius 1 is 1.30 bits per heavy atom. The zero-order valence-electron chi connectivity index (χ0n) is 6.64. The number of nitrogens with zero attached hydrogens (tertiary/aromatic N) is 1. The summed E-state index contributed by atoms with van der Waals surface area (Å²) in [4.78, 5) is 8.51. The molecule has 0 fully saturated rings. The van der Waals surface area contributed by atoms with Crippen LogP contribution in [-0.4, -0.2) is 9.92 Å². The van der Waals surface area contributed by atoms with Gasteiger partial charge in [-0.3, -0.25) is 10.1 Å². The molecule has 0 bridgehead atoms. The Balaban J connectivity index is 4.57. The molecular formula is C6H12ClNO2. The molecule has 0 saturated carbocycles. The normalized spacial score (nSPS) is 18.1. The Kier molecular flexibility index (Phi) is 2.31. The van der Waals surface area contributed by atoms with Crippen molar-refractivity contribution < 1.29 is 4.92 Å². The van der Waals surface area contributed by atoms with Gasteiger partial charge >= 0.3 is 0 Å². The molecule has 0 aliphatic carbocycles. The van der Waals surface area contributed by atoms with E-state index >= 15 is 0 Å². The Morgan fingerprint density at radius 3 is 1.60 bits per heavy atom. The number of nitro groups is 1. The van der Waals surface area contributed by atoms with E-state index in [-0.39, 0.29) is 0 Å². The molecule has 3 nitrogen and oxygen atoms in total. The Morgan fingerprint density at radius 2 is 1.60 bits per heavy atom. The van der Waals surface area contributed by atoms with Gasteiger partial charge in [-0.15, -0.1) is 0 Å². The summed E-state index contributed by atoms with van der Waals surface area (Å²) in [6, 6.07) is 0. The molecule has 4 heteroatoms. The monoisotopic (exact) mass is 165 g/mol. The summed E-state index contributed by atoms with van der Waals surface area (Å²) in [5, 5.41) is 10.3. The van der Waals surface area contributed by atoms with E-state index in [2.05, 4.69) is 0 Å². The minimum atomic E-state index is -1.37. The SMILES string of the molecule is CC(C)(C)C(C)(Cl)[N+](=O)[O-]. The van der Waals surface area contributed by atoms with Gasteiger partial charge < -0.3 is 0 Å². The molecule has 1 atom stereocenters. The first-order valence-electron chi connectivity index (χ1n) is 3.03. The second-order valence-electron chi connectivity index (χ2n) is 3.46. The topological polar surface area (TPSA) is 43.1 Å². The summed E-state index contributed by atoms with van der Waals surface area (Å²) in [6.45, 7) is 6.63. The van der Waals surface area contributed by atoms with Crippen LogP contribution in [-0.2, 0) is 0 Å². The van der Waals surface area contributed by atoms with Gasteiger partial charge in [0.05, 0.1) is 0 Å². The van der Waals surface area contributed by atoms with Crippen molar-refractivity contribution in [3.63, 3.8) is 0 Å². The highest BCUT2D eigenvalue weighted by Gasteiger charge is 2.47. The molecule has 0 N–H and O–H groups in total. The van der Waals surface area contributed by atoms with Gasteiger partial charge in [-0.1, -0.05) is 20.8 Å². The molecule has 0 aromatic carbocycles. The van der Waals surface area contributed by atoms with E-state index in [1.807, 2.05) is 0 Å². The first kappa shape index (κ1) is 9.69. The molecule has 0 rings (SSSR count). The van der Waals surface area contributed by atoms with Crippen LogP contribution >= 0.6 is 11.6 Å². The molecule has 60 valence electrons. The van der Waals surface area contributed by atoms with Crippen molar-refractivity contribution in [1.82, 2.24) is 0 Å². The molecule has 0 aromatic heterocycles. The number of alkyl halides is 1. The summed E-state index contributed by atoms with van der Waals surface area (Å²) in [6.07, 6.45) is 0. The summed E-state index contributed by atoms with van der Waals surface area (Å²) in [5.74, 6) is 0. The fourth-order valence-corrected chi connectivity index (χ4v) is 0.274. The van der Waals surface area contributed by atoms with E-state index in [9.17, 15) is 10.1 Å². The zero-order valence-corrected chi connectivity index (χ0v) is 7.40. The van der Waals surface area contributed by atoms with Crippen LogP contribution in [0.1, 0.15) is 27.7 Å². The van der Waals surface area contributed by atoms with Gasteiger partial charge in [-0.25, -0.2) is 0 Å². The van der Waals surface area contributed by atoms with Gasteiger partial charge in [0.25, 0.3) is 5.00 Å². The molecule has 0 aromatic rings. The van der Waals surface area contributed by atoms with E-state index in [1.165, 1.54) is 6.92 Å². The first-order valence-corrected chi connectivity index (χ1v) is 3.41. The Bertz CT molecular complexity index is 148. The van der Waals surface area contributed by atoms with Gasteiger partial charge in [0.1, 0.15) is 0 Å². The van der Waals surface area contributed by atoms with Crippen molar-refractivity contribution in [3.05, 3.63) is 10.1 Å². The smallest absolute Gasteiger partial charge is 0.263 e. The van der Waals surface area contributed by atoms with Crippen molar-refractivity contribution >= 4 is 11.6 Å². The van der Waals surface area contributed by atoms with Crippen LogP contribution in [0.25, 0.3) is 0 Å². The summed E-state index contributed by atoms with van der Waals surface area (Å²) < 4.78 is 0. The molecule has 0 radical (unpaired) electrons. The van der Waals surface area contributed by atoms with Crippen molar-refractivity contribution in [2.45, 2.75) is 32.7 Å². The first-order chi connectivity index (χ1) is 4.19. The lowest BCUT2D eigenvalue weighted by atomic mass is 9.88. The fourth-order valence-electron chi connectivity index (χ4n) is 0.274. The largest absolute Gasteiger partial charge is 0.296 e. The highest BCUT2D eigenvalue weighted by molar-refractivity contribution is 6.22. The summed E-state index contributed by atoms with van der Waals surface area (Å²) in [7, 11) is 0. The molecule has 0 heterocycles. The van der Waals surface area contributed by atoms with Crippen molar-refractivity contribution in [2.75, 3.05) is 0 Å². The maximum atomic E-state index is 10.3. The lowest BCUT2D eigenvalue weighted by molar-refractivity contribution is -0.555. The molecule has 0 spiro atoms. The standard InChI is InChI=1S/C6H12ClNO2/c1-5(2,3)6(4,7)8(9)10/h1-4H3. The maximum absolute atomic E-state index is 10.3. The third kappa shape index (κ3) is 1.59. The van der Waals surface area contributed by atoms with Crippen LogP contribution in [0.3, 0.4) is 0 Å². The molecule has 0 saturated heterocycles. The minimum Gasteiger partial charge on any atom is -0.263 e. The van der Waals surface area contributed by atoms with E-state index in [4.69, 9.17) is 11.6 Å². The highest BCUT2D eigenvalue weighted by Crippen LogP contribution is 2.35. The van der Waals surface area contributed by atoms with Crippen LogP contribution < -0.4 is 0 Å². The molecular weight excluding hydrogens is 154 g/mol. The molecule has 1 unspecified atom stereocenters. The van der Waals surface area contributed by atoms with Gasteiger partial charge in [-0.2, -0.15) is 0 Å². The van der Waals surface area contributed by atoms with Gasteiger partial charge in [0.2, 0.25) is 0 Å². The Labute approximate surface area is 65.5 Å². The lowest BCUT2D eigenvalue weighted by Crippen LogP contribution is -2.41. The van der Waals surface area contributed by atoms with E-state index in [0.717, 1.165) is 0 Å². The average Bonchev–Trinajstić information content (AvgIpc) is 1.62. The van der Waals surface area contributed by atoms with Crippen LogP contribution in [0.15, 0.2) is 0 Å². The lowest BCUT2D eigenvalue weighted by Gasteiger charge is -2.27.